The molecule has 1 aromatic rings. The van der Waals surface area contributed by atoms with Crippen LogP contribution in [0.4, 0.5) is 0 Å². The lowest BCUT2D eigenvalue weighted by Gasteiger charge is -2.25. The molecule has 0 bridgehead atoms. The van der Waals surface area contributed by atoms with Crippen molar-refractivity contribution in [2.24, 2.45) is 5.73 Å². The summed E-state index contributed by atoms with van der Waals surface area (Å²) < 4.78 is 33.2. The van der Waals surface area contributed by atoms with E-state index in [4.69, 9.17) is 34.2 Å². The van der Waals surface area contributed by atoms with E-state index in [1.54, 1.807) is 28.4 Å². The van der Waals surface area contributed by atoms with Crippen LogP contribution in [0.1, 0.15) is 37.9 Å². The maximum atomic E-state index is 6.13. The van der Waals surface area contributed by atoms with Gasteiger partial charge < -0.3 is 34.2 Å². The molecule has 1 aliphatic rings. The molecule has 0 aromatic heterocycles. The lowest BCUT2D eigenvalue weighted by molar-refractivity contribution is -0.184. The van der Waals surface area contributed by atoms with Crippen molar-refractivity contribution < 1.29 is 28.4 Å². The molecule has 0 saturated carbocycles. The third-order valence-corrected chi connectivity index (χ3v) is 4.38. The maximum absolute atomic E-state index is 6.13. The number of nitrogens with two attached hydrogens (primary N) is 1. The molecule has 1 saturated heterocycles. The monoisotopic (exact) mass is 355 g/mol. The Bertz CT molecular complexity index is 523. The second kappa shape index (κ2) is 9.24. The van der Waals surface area contributed by atoms with Crippen molar-refractivity contribution in [3.8, 4) is 17.2 Å². The summed E-state index contributed by atoms with van der Waals surface area (Å²) in [4.78, 5) is 0. The van der Waals surface area contributed by atoms with Crippen LogP contribution in [0.15, 0.2) is 12.1 Å². The second-order valence-corrected chi connectivity index (χ2v) is 5.87. The second-order valence-electron chi connectivity index (χ2n) is 5.87. The highest BCUT2D eigenvalue weighted by molar-refractivity contribution is 5.54. The van der Waals surface area contributed by atoms with Crippen LogP contribution in [-0.4, -0.2) is 47.1 Å². The van der Waals surface area contributed by atoms with Crippen LogP contribution >= 0.6 is 0 Å². The lowest BCUT2D eigenvalue weighted by atomic mass is 10.0. The van der Waals surface area contributed by atoms with E-state index < -0.39 is 6.23 Å². The fourth-order valence-corrected chi connectivity index (χ4v) is 3.02. The van der Waals surface area contributed by atoms with Crippen LogP contribution in [0.25, 0.3) is 0 Å². The van der Waals surface area contributed by atoms with Crippen molar-refractivity contribution >= 4 is 0 Å². The van der Waals surface area contributed by atoms with E-state index in [1.165, 1.54) is 0 Å². The fourth-order valence-electron chi connectivity index (χ4n) is 3.02. The Balaban J connectivity index is 2.11. The van der Waals surface area contributed by atoms with Crippen LogP contribution in [-0.2, 0) is 14.2 Å². The van der Waals surface area contributed by atoms with Crippen molar-refractivity contribution in [2.75, 3.05) is 28.4 Å². The average molecular weight is 355 g/mol. The fraction of sp³-hybridized carbons (Fsp3) is 0.667. The van der Waals surface area contributed by atoms with Crippen molar-refractivity contribution in [1.82, 2.24) is 0 Å². The molecule has 25 heavy (non-hydrogen) atoms. The zero-order chi connectivity index (χ0) is 18.4. The predicted molar refractivity (Wildman–Crippen MR) is 93.1 cm³/mol. The minimum Gasteiger partial charge on any atom is -0.493 e. The molecule has 4 unspecified atom stereocenters. The maximum Gasteiger partial charge on any atom is 0.203 e. The van der Waals surface area contributed by atoms with Gasteiger partial charge in [0.2, 0.25) is 5.75 Å². The van der Waals surface area contributed by atoms with Crippen molar-refractivity contribution in [1.29, 1.82) is 0 Å². The first kappa shape index (κ1) is 19.8. The summed E-state index contributed by atoms with van der Waals surface area (Å²) in [5, 5.41) is 0. The van der Waals surface area contributed by atoms with Gasteiger partial charge in [-0.2, -0.15) is 0 Å². The SMILES string of the molecule is CCC(OC)OC(N)C1CCC(c2cc(OC)c(OC)c(OC)c2)O1. The summed E-state index contributed by atoms with van der Waals surface area (Å²) in [6.45, 7) is 1.98. The molecule has 1 heterocycles. The normalized spacial score (nSPS) is 22.5. The Morgan fingerprint density at radius 1 is 1.08 bits per heavy atom. The summed E-state index contributed by atoms with van der Waals surface area (Å²) in [5.74, 6) is 1.78. The van der Waals surface area contributed by atoms with Gasteiger partial charge in [-0.3, -0.25) is 0 Å². The molecule has 1 aliphatic heterocycles. The van der Waals surface area contributed by atoms with Gasteiger partial charge in [0.25, 0.3) is 0 Å². The molecule has 4 atom stereocenters. The zero-order valence-corrected chi connectivity index (χ0v) is 15.6. The number of rotatable bonds is 9. The van der Waals surface area contributed by atoms with Crippen LogP contribution in [0.2, 0.25) is 0 Å². The number of benzene rings is 1. The molecule has 7 heteroatoms. The third kappa shape index (κ3) is 4.55. The Hall–Kier alpha value is -1.54. The van der Waals surface area contributed by atoms with E-state index >= 15 is 0 Å². The largest absolute Gasteiger partial charge is 0.493 e. The van der Waals surface area contributed by atoms with E-state index in [0.717, 1.165) is 24.8 Å². The first-order valence-corrected chi connectivity index (χ1v) is 8.47. The number of hydrogen-bond acceptors (Lipinski definition) is 7. The van der Waals surface area contributed by atoms with Crippen molar-refractivity contribution in [2.45, 2.75) is 50.9 Å². The summed E-state index contributed by atoms with van der Waals surface area (Å²) in [6, 6.07) is 3.82. The number of ether oxygens (including phenoxy) is 6. The number of hydrogen-bond donors (Lipinski definition) is 1. The average Bonchev–Trinajstić information content (AvgIpc) is 3.14. The van der Waals surface area contributed by atoms with Gasteiger partial charge in [0.15, 0.2) is 17.8 Å². The van der Waals surface area contributed by atoms with Gasteiger partial charge in [-0.1, -0.05) is 6.92 Å². The van der Waals surface area contributed by atoms with E-state index in [2.05, 4.69) is 0 Å². The molecule has 1 aromatic carbocycles. The molecule has 0 radical (unpaired) electrons. The Morgan fingerprint density at radius 3 is 2.20 bits per heavy atom. The van der Waals surface area contributed by atoms with Crippen LogP contribution < -0.4 is 19.9 Å². The Morgan fingerprint density at radius 2 is 1.72 bits per heavy atom. The molecule has 0 spiro atoms. The van der Waals surface area contributed by atoms with E-state index in [0.29, 0.717) is 17.2 Å². The zero-order valence-electron chi connectivity index (χ0n) is 15.6. The minimum atomic E-state index is -0.531. The van der Waals surface area contributed by atoms with Crippen LogP contribution in [0, 0.1) is 0 Å². The predicted octanol–water partition coefficient (Wildman–Crippen LogP) is 2.62. The van der Waals surface area contributed by atoms with Gasteiger partial charge in [0.1, 0.15) is 6.23 Å². The van der Waals surface area contributed by atoms with Gasteiger partial charge in [-0.15, -0.1) is 0 Å². The van der Waals surface area contributed by atoms with Crippen LogP contribution in [0.5, 0.6) is 17.2 Å². The molecule has 0 aliphatic carbocycles. The highest BCUT2D eigenvalue weighted by Gasteiger charge is 2.33. The summed E-state index contributed by atoms with van der Waals surface area (Å²) in [6.07, 6.45) is 1.24. The van der Waals surface area contributed by atoms with Gasteiger partial charge in [-0.05, 0) is 37.0 Å². The minimum absolute atomic E-state index is 0.101. The molecule has 7 nitrogen and oxygen atoms in total. The van der Waals surface area contributed by atoms with E-state index in [1.807, 2.05) is 19.1 Å². The lowest BCUT2D eigenvalue weighted by Crippen LogP contribution is -2.40. The quantitative estimate of drug-likeness (QED) is 0.682. The van der Waals surface area contributed by atoms with Crippen LogP contribution in [0.3, 0.4) is 0 Å². The molecule has 2 rings (SSSR count). The molecule has 0 amide bonds. The van der Waals surface area contributed by atoms with E-state index in [9.17, 15) is 0 Å². The summed E-state index contributed by atoms with van der Waals surface area (Å²) in [7, 11) is 6.38. The van der Waals surface area contributed by atoms with Crippen molar-refractivity contribution in [3.05, 3.63) is 17.7 Å². The Labute approximate surface area is 149 Å². The van der Waals surface area contributed by atoms with Gasteiger partial charge in [0.05, 0.1) is 33.5 Å². The van der Waals surface area contributed by atoms with Gasteiger partial charge in [0, 0.05) is 7.11 Å². The topological polar surface area (TPSA) is 81.4 Å². The molecular weight excluding hydrogens is 326 g/mol. The standard InChI is InChI=1S/C18H29NO6/c1-6-16(22-4)25-18(19)13-8-7-12(24-13)11-9-14(20-2)17(23-5)15(10-11)21-3/h9-10,12-13,16,18H,6-8,19H2,1-5H3. The first-order valence-electron chi connectivity index (χ1n) is 8.47. The van der Waals surface area contributed by atoms with Gasteiger partial charge >= 0.3 is 0 Å². The Kier molecular flexibility index (Phi) is 7.31. The highest BCUT2D eigenvalue weighted by atomic mass is 16.7. The molecule has 142 valence electrons. The smallest absolute Gasteiger partial charge is 0.203 e. The summed E-state index contributed by atoms with van der Waals surface area (Å²) in [5.41, 5.74) is 7.09. The first-order chi connectivity index (χ1) is 12.1. The summed E-state index contributed by atoms with van der Waals surface area (Å²) >= 11 is 0. The highest BCUT2D eigenvalue weighted by Crippen LogP contribution is 2.43. The van der Waals surface area contributed by atoms with Crippen molar-refractivity contribution in [3.63, 3.8) is 0 Å². The molecule has 2 N–H and O–H groups in total. The molecular formula is C18H29NO6. The third-order valence-electron chi connectivity index (χ3n) is 4.38. The molecule has 1 fully saturated rings. The number of methoxy groups -OCH3 is 4. The van der Waals surface area contributed by atoms with Gasteiger partial charge in [-0.25, -0.2) is 0 Å². The van der Waals surface area contributed by atoms with E-state index in [-0.39, 0.29) is 18.5 Å².